The van der Waals surface area contributed by atoms with Gasteiger partial charge in [-0.1, -0.05) is 6.92 Å². The molecule has 0 aliphatic heterocycles. The molecule has 0 aromatic carbocycles. The second-order valence-corrected chi connectivity index (χ2v) is 3.61. The minimum atomic E-state index is 0.0230. The molecule has 0 spiro atoms. The Morgan fingerprint density at radius 2 is 2.14 bits per heavy atom. The number of methoxy groups -OCH3 is 1. The molecule has 4 heteroatoms. The minimum absolute atomic E-state index is 0.0230. The van der Waals surface area contributed by atoms with Gasteiger partial charge >= 0.3 is 0 Å². The van der Waals surface area contributed by atoms with Gasteiger partial charge in [0.1, 0.15) is 0 Å². The zero-order chi connectivity index (χ0) is 11.0. The van der Waals surface area contributed by atoms with Gasteiger partial charge in [0.15, 0.2) is 0 Å². The number of carbonyl (C=O) groups is 1. The lowest BCUT2D eigenvalue weighted by atomic mass is 10.1. The van der Waals surface area contributed by atoms with Gasteiger partial charge in [0.25, 0.3) is 0 Å². The number of rotatable bonds is 7. The summed E-state index contributed by atoms with van der Waals surface area (Å²) in [5.74, 6) is 0.122. The van der Waals surface area contributed by atoms with Crippen molar-refractivity contribution in [1.29, 1.82) is 0 Å². The fraction of sp³-hybridized carbons (Fsp3) is 0.900. The fourth-order valence-corrected chi connectivity index (χ4v) is 1.00. The molecule has 14 heavy (non-hydrogen) atoms. The molecule has 0 fully saturated rings. The summed E-state index contributed by atoms with van der Waals surface area (Å²) in [6.07, 6.45) is 1.22. The average molecular weight is 203 g/mol. The molecule has 0 bridgehead atoms. The van der Waals surface area contributed by atoms with Crippen LogP contribution in [0.4, 0.5) is 0 Å². The molecule has 1 amide bonds. The molecule has 2 N–H and O–H groups in total. The highest BCUT2D eigenvalue weighted by molar-refractivity contribution is 5.76. The summed E-state index contributed by atoms with van der Waals surface area (Å²) in [6.45, 7) is 4.51. The molecular formula is C10H21NO3. The first kappa shape index (κ1) is 13.4. The Bertz CT molecular complexity index is 161. The van der Waals surface area contributed by atoms with Crippen LogP contribution in [-0.2, 0) is 9.53 Å². The molecule has 0 aliphatic carbocycles. The van der Waals surface area contributed by atoms with E-state index in [0.29, 0.717) is 13.0 Å². The number of aliphatic hydroxyl groups excluding tert-OH is 1. The van der Waals surface area contributed by atoms with Crippen molar-refractivity contribution in [3.05, 3.63) is 0 Å². The number of carbonyl (C=O) groups excluding carboxylic acids is 1. The van der Waals surface area contributed by atoms with Gasteiger partial charge in [-0.3, -0.25) is 4.79 Å². The second kappa shape index (κ2) is 7.76. The van der Waals surface area contributed by atoms with Gasteiger partial charge in [-0.25, -0.2) is 0 Å². The molecule has 0 aromatic heterocycles. The van der Waals surface area contributed by atoms with Crippen LogP contribution in [0.15, 0.2) is 0 Å². The fourth-order valence-electron chi connectivity index (χ4n) is 1.00. The van der Waals surface area contributed by atoms with Crippen LogP contribution < -0.4 is 5.32 Å². The number of nitrogens with one attached hydrogen (secondary N) is 1. The first-order chi connectivity index (χ1) is 6.61. The van der Waals surface area contributed by atoms with Crippen LogP contribution >= 0.6 is 0 Å². The monoisotopic (exact) mass is 203 g/mol. The van der Waals surface area contributed by atoms with E-state index in [9.17, 15) is 4.79 Å². The SMILES string of the molecule is COCCCC(=O)NC(C)C(C)CO. The summed E-state index contributed by atoms with van der Waals surface area (Å²) >= 11 is 0. The van der Waals surface area contributed by atoms with Gasteiger partial charge in [-0.2, -0.15) is 0 Å². The lowest BCUT2D eigenvalue weighted by Gasteiger charge is -2.19. The highest BCUT2D eigenvalue weighted by Gasteiger charge is 2.13. The van der Waals surface area contributed by atoms with Gasteiger partial charge in [0, 0.05) is 32.8 Å². The molecule has 0 rings (SSSR count). The van der Waals surface area contributed by atoms with Gasteiger partial charge < -0.3 is 15.2 Å². The molecular weight excluding hydrogens is 182 g/mol. The Morgan fingerprint density at radius 3 is 2.64 bits per heavy atom. The van der Waals surface area contributed by atoms with Crippen LogP contribution in [0.25, 0.3) is 0 Å². The third-order valence-electron chi connectivity index (χ3n) is 2.28. The van der Waals surface area contributed by atoms with Gasteiger partial charge in [0.2, 0.25) is 5.91 Å². The molecule has 0 heterocycles. The summed E-state index contributed by atoms with van der Waals surface area (Å²) in [7, 11) is 1.62. The standard InChI is InChI=1S/C10H21NO3/c1-8(7-12)9(2)11-10(13)5-4-6-14-3/h8-9,12H,4-7H2,1-3H3,(H,11,13). The molecule has 0 aromatic rings. The van der Waals surface area contributed by atoms with Crippen molar-refractivity contribution in [2.45, 2.75) is 32.7 Å². The largest absolute Gasteiger partial charge is 0.396 e. The van der Waals surface area contributed by atoms with Gasteiger partial charge in [-0.05, 0) is 19.3 Å². The Balaban J connectivity index is 3.60. The van der Waals surface area contributed by atoms with E-state index in [1.165, 1.54) is 0 Å². The van der Waals surface area contributed by atoms with E-state index in [1.54, 1.807) is 7.11 Å². The van der Waals surface area contributed by atoms with Crippen LogP contribution in [0.2, 0.25) is 0 Å². The minimum Gasteiger partial charge on any atom is -0.396 e. The maximum Gasteiger partial charge on any atom is 0.220 e. The lowest BCUT2D eigenvalue weighted by molar-refractivity contribution is -0.122. The average Bonchev–Trinajstić information content (AvgIpc) is 2.16. The quantitative estimate of drug-likeness (QED) is 0.594. The van der Waals surface area contributed by atoms with Crippen LogP contribution in [0.5, 0.6) is 0 Å². The van der Waals surface area contributed by atoms with Crippen molar-refractivity contribution in [2.75, 3.05) is 20.3 Å². The van der Waals surface area contributed by atoms with Crippen molar-refractivity contribution in [2.24, 2.45) is 5.92 Å². The van der Waals surface area contributed by atoms with Crippen LogP contribution in [-0.4, -0.2) is 37.4 Å². The summed E-state index contributed by atoms with van der Waals surface area (Å²) in [5, 5.41) is 11.7. The molecule has 84 valence electrons. The number of hydrogen-bond donors (Lipinski definition) is 2. The Morgan fingerprint density at radius 1 is 1.50 bits per heavy atom. The molecule has 4 nitrogen and oxygen atoms in total. The van der Waals surface area contributed by atoms with Crippen LogP contribution in [0, 0.1) is 5.92 Å². The Labute approximate surface area is 85.6 Å². The number of aliphatic hydroxyl groups is 1. The van der Waals surface area contributed by atoms with Gasteiger partial charge in [-0.15, -0.1) is 0 Å². The van der Waals surface area contributed by atoms with E-state index in [1.807, 2.05) is 13.8 Å². The van der Waals surface area contributed by atoms with Crippen molar-refractivity contribution < 1.29 is 14.6 Å². The molecule has 0 saturated carbocycles. The van der Waals surface area contributed by atoms with Crippen molar-refractivity contribution >= 4 is 5.91 Å². The normalized spacial score (nSPS) is 14.9. The second-order valence-electron chi connectivity index (χ2n) is 3.61. The van der Waals surface area contributed by atoms with E-state index in [0.717, 1.165) is 6.42 Å². The summed E-state index contributed by atoms with van der Waals surface area (Å²) in [5.41, 5.74) is 0. The Hall–Kier alpha value is -0.610. The number of ether oxygens (including phenoxy) is 1. The number of hydrogen-bond acceptors (Lipinski definition) is 3. The smallest absolute Gasteiger partial charge is 0.220 e. The molecule has 2 atom stereocenters. The first-order valence-electron chi connectivity index (χ1n) is 5.01. The van der Waals surface area contributed by atoms with E-state index >= 15 is 0 Å². The summed E-state index contributed by atoms with van der Waals surface area (Å²) < 4.78 is 4.85. The van der Waals surface area contributed by atoms with Crippen LogP contribution in [0.1, 0.15) is 26.7 Å². The highest BCUT2D eigenvalue weighted by Crippen LogP contribution is 2.01. The summed E-state index contributed by atoms with van der Waals surface area (Å²) in [4.78, 5) is 11.3. The topological polar surface area (TPSA) is 58.6 Å². The third kappa shape index (κ3) is 5.94. The van der Waals surface area contributed by atoms with Gasteiger partial charge in [0.05, 0.1) is 0 Å². The maximum atomic E-state index is 11.3. The molecule has 0 saturated heterocycles. The van der Waals surface area contributed by atoms with Crippen LogP contribution in [0.3, 0.4) is 0 Å². The maximum absolute atomic E-state index is 11.3. The summed E-state index contributed by atoms with van der Waals surface area (Å²) in [6, 6.07) is 0.0232. The number of amides is 1. The zero-order valence-electron chi connectivity index (χ0n) is 9.25. The van der Waals surface area contributed by atoms with Crippen molar-refractivity contribution in [3.8, 4) is 0 Å². The van der Waals surface area contributed by atoms with Crippen molar-refractivity contribution in [1.82, 2.24) is 5.32 Å². The van der Waals surface area contributed by atoms with E-state index < -0.39 is 0 Å². The molecule has 0 radical (unpaired) electrons. The zero-order valence-corrected chi connectivity index (χ0v) is 9.25. The highest BCUT2D eigenvalue weighted by atomic mass is 16.5. The predicted octanol–water partition coefficient (Wildman–Crippen LogP) is 0.546. The molecule has 2 unspecified atom stereocenters. The first-order valence-corrected chi connectivity index (χ1v) is 5.01. The Kier molecular flexibility index (Phi) is 7.42. The molecule has 0 aliphatic rings. The van der Waals surface area contributed by atoms with Crippen molar-refractivity contribution in [3.63, 3.8) is 0 Å². The van der Waals surface area contributed by atoms with E-state index in [4.69, 9.17) is 9.84 Å². The van der Waals surface area contributed by atoms with E-state index in [2.05, 4.69) is 5.32 Å². The lowest BCUT2D eigenvalue weighted by Crippen LogP contribution is -2.38. The predicted molar refractivity (Wildman–Crippen MR) is 55.0 cm³/mol. The third-order valence-corrected chi connectivity index (χ3v) is 2.28. The van der Waals surface area contributed by atoms with E-state index in [-0.39, 0.29) is 24.5 Å².